The third-order valence-electron chi connectivity index (χ3n) is 4.97. The van der Waals surface area contributed by atoms with Gasteiger partial charge < -0.3 is 18.9 Å². The molecule has 0 spiro atoms. The van der Waals surface area contributed by atoms with Crippen molar-refractivity contribution in [3.63, 3.8) is 0 Å². The Hall–Kier alpha value is -3.65. The Labute approximate surface area is 198 Å². The number of hydrogen-bond donors (Lipinski definition) is 0. The molecule has 1 heterocycles. The number of nitrogens with zero attached hydrogens (tertiary/aromatic N) is 1. The highest BCUT2D eigenvalue weighted by Gasteiger charge is 2.31. The van der Waals surface area contributed by atoms with E-state index in [-0.39, 0.29) is 5.75 Å². The molecular formula is C25H18ClF3NO4. The van der Waals surface area contributed by atoms with E-state index in [2.05, 4.69) is 16.8 Å². The molecule has 0 atom stereocenters. The van der Waals surface area contributed by atoms with Crippen LogP contribution in [0.4, 0.5) is 13.2 Å². The maximum atomic E-state index is 12.3. The van der Waals surface area contributed by atoms with Gasteiger partial charge in [0.2, 0.25) is 0 Å². The number of fused-ring (bicyclic) bond motifs is 1. The highest BCUT2D eigenvalue weighted by atomic mass is 35.5. The summed E-state index contributed by atoms with van der Waals surface area (Å²) >= 11 is 6.30. The Bertz CT molecular complexity index is 1320. The van der Waals surface area contributed by atoms with E-state index in [4.69, 9.17) is 25.8 Å². The first-order chi connectivity index (χ1) is 16.2. The van der Waals surface area contributed by atoms with Gasteiger partial charge in [-0.15, -0.1) is 13.2 Å². The van der Waals surface area contributed by atoms with Gasteiger partial charge in [-0.1, -0.05) is 23.7 Å². The maximum Gasteiger partial charge on any atom is 0.573 e. The minimum atomic E-state index is -4.75. The van der Waals surface area contributed by atoms with E-state index in [1.807, 2.05) is 19.1 Å². The highest BCUT2D eigenvalue weighted by Crippen LogP contribution is 2.42. The van der Waals surface area contributed by atoms with Crippen LogP contribution in [-0.2, 0) is 0 Å². The van der Waals surface area contributed by atoms with Crippen molar-refractivity contribution in [2.45, 2.75) is 13.3 Å². The van der Waals surface area contributed by atoms with Gasteiger partial charge in [0.05, 0.1) is 17.6 Å². The van der Waals surface area contributed by atoms with Gasteiger partial charge >= 0.3 is 6.36 Å². The first kappa shape index (κ1) is 23.5. The van der Waals surface area contributed by atoms with E-state index in [1.165, 1.54) is 31.4 Å². The summed E-state index contributed by atoms with van der Waals surface area (Å²) < 4.78 is 57.3. The number of rotatable bonds is 6. The van der Waals surface area contributed by atoms with Crippen LogP contribution in [0.25, 0.3) is 22.0 Å². The standard InChI is InChI=1S/C25H18ClF3NO4/c1-14-23(24(32-3)19-12-20(26)22(31-2)13-21(19)30-14)15-4-6-16(7-5-15)33-17-8-10-18(11-9-17)34-25(27,28)29/h4-13H,3H2,1-2H3. The van der Waals surface area contributed by atoms with E-state index in [1.54, 1.807) is 24.3 Å². The fraction of sp³-hybridized carbons (Fsp3) is 0.120. The smallest absolute Gasteiger partial charge is 0.495 e. The van der Waals surface area contributed by atoms with Gasteiger partial charge in [-0.3, -0.25) is 4.98 Å². The van der Waals surface area contributed by atoms with Crippen molar-refractivity contribution in [3.8, 4) is 39.9 Å². The molecule has 0 saturated carbocycles. The van der Waals surface area contributed by atoms with Crippen LogP contribution in [-0.4, -0.2) is 18.5 Å². The van der Waals surface area contributed by atoms with Crippen molar-refractivity contribution in [1.29, 1.82) is 0 Å². The molecule has 0 unspecified atom stereocenters. The normalized spacial score (nSPS) is 11.4. The second-order valence-corrected chi connectivity index (χ2v) is 7.60. The minimum Gasteiger partial charge on any atom is -0.495 e. The van der Waals surface area contributed by atoms with Gasteiger partial charge in [0.1, 0.15) is 35.9 Å². The number of pyridine rings is 1. The quantitative estimate of drug-likeness (QED) is 0.278. The number of methoxy groups -OCH3 is 1. The van der Waals surface area contributed by atoms with Crippen LogP contribution < -0.4 is 18.9 Å². The van der Waals surface area contributed by atoms with Gasteiger partial charge in [0.25, 0.3) is 0 Å². The lowest BCUT2D eigenvalue weighted by Gasteiger charge is -2.16. The van der Waals surface area contributed by atoms with Gasteiger partial charge in [-0.2, -0.15) is 0 Å². The SMILES string of the molecule is [CH2]Oc1c(-c2ccc(Oc3ccc(OC(F)(F)F)cc3)cc2)c(C)nc2cc(OC)c(Cl)cc12. The topological polar surface area (TPSA) is 49.8 Å². The lowest BCUT2D eigenvalue weighted by molar-refractivity contribution is -0.274. The summed E-state index contributed by atoms with van der Waals surface area (Å²) in [5.74, 6) is 1.54. The summed E-state index contributed by atoms with van der Waals surface area (Å²) in [6.45, 7) is 1.85. The molecule has 0 aliphatic heterocycles. The minimum absolute atomic E-state index is 0.326. The van der Waals surface area contributed by atoms with E-state index >= 15 is 0 Å². The number of hydrogen-bond acceptors (Lipinski definition) is 5. The van der Waals surface area contributed by atoms with Crippen LogP contribution in [0.1, 0.15) is 5.69 Å². The molecule has 1 radical (unpaired) electrons. The first-order valence-corrected chi connectivity index (χ1v) is 10.3. The van der Waals surface area contributed by atoms with Gasteiger partial charge in [0.15, 0.2) is 0 Å². The molecule has 4 rings (SSSR count). The van der Waals surface area contributed by atoms with E-state index in [0.717, 1.165) is 11.1 Å². The Kier molecular flexibility index (Phi) is 6.43. The highest BCUT2D eigenvalue weighted by molar-refractivity contribution is 6.33. The lowest BCUT2D eigenvalue weighted by Crippen LogP contribution is -2.16. The summed E-state index contributed by atoms with van der Waals surface area (Å²) in [5, 5.41) is 1.10. The van der Waals surface area contributed by atoms with Crippen molar-refractivity contribution < 1.29 is 32.1 Å². The van der Waals surface area contributed by atoms with Crippen molar-refractivity contribution in [2.75, 3.05) is 7.11 Å². The molecule has 175 valence electrons. The summed E-state index contributed by atoms with van der Waals surface area (Å²) in [4.78, 5) is 4.66. The van der Waals surface area contributed by atoms with Gasteiger partial charge in [-0.25, -0.2) is 0 Å². The largest absolute Gasteiger partial charge is 0.573 e. The molecule has 0 N–H and O–H groups in total. The maximum absolute atomic E-state index is 12.3. The summed E-state index contributed by atoms with van der Waals surface area (Å²) in [7, 11) is 5.13. The van der Waals surface area contributed by atoms with Crippen molar-refractivity contribution >= 4 is 22.5 Å². The van der Waals surface area contributed by atoms with Gasteiger partial charge in [0, 0.05) is 22.7 Å². The molecule has 0 saturated heterocycles. The summed E-state index contributed by atoms with van der Waals surface area (Å²) in [6.07, 6.45) is -4.75. The number of ether oxygens (including phenoxy) is 4. The predicted molar refractivity (Wildman–Crippen MR) is 123 cm³/mol. The molecule has 3 aromatic carbocycles. The van der Waals surface area contributed by atoms with Crippen LogP contribution in [0.2, 0.25) is 5.02 Å². The van der Waals surface area contributed by atoms with E-state index in [0.29, 0.717) is 44.6 Å². The number of aromatic nitrogens is 1. The van der Waals surface area contributed by atoms with E-state index < -0.39 is 6.36 Å². The zero-order chi connectivity index (χ0) is 24.5. The van der Waals surface area contributed by atoms with Crippen LogP contribution in [0, 0.1) is 14.0 Å². The molecule has 0 amide bonds. The number of benzene rings is 3. The van der Waals surface area contributed by atoms with Crippen molar-refractivity contribution in [3.05, 3.63) is 78.5 Å². The molecular weight excluding hydrogens is 471 g/mol. The molecule has 4 aromatic rings. The lowest BCUT2D eigenvalue weighted by atomic mass is 10.00. The van der Waals surface area contributed by atoms with Crippen molar-refractivity contribution in [1.82, 2.24) is 4.98 Å². The first-order valence-electron chi connectivity index (χ1n) is 9.92. The fourth-order valence-electron chi connectivity index (χ4n) is 3.53. The fourth-order valence-corrected chi connectivity index (χ4v) is 3.77. The predicted octanol–water partition coefficient (Wildman–Crippen LogP) is 7.73. The number of alkyl halides is 3. The molecule has 9 heteroatoms. The zero-order valence-corrected chi connectivity index (χ0v) is 18.8. The monoisotopic (exact) mass is 488 g/mol. The van der Waals surface area contributed by atoms with E-state index in [9.17, 15) is 13.2 Å². The van der Waals surface area contributed by atoms with Gasteiger partial charge in [-0.05, 0) is 55.0 Å². The summed E-state index contributed by atoms with van der Waals surface area (Å²) in [6, 6.07) is 15.7. The van der Waals surface area contributed by atoms with Crippen LogP contribution in [0.5, 0.6) is 28.7 Å². The Morgan fingerprint density at radius 1 is 0.912 bits per heavy atom. The summed E-state index contributed by atoms with van der Waals surface area (Å²) in [5.41, 5.74) is 2.91. The molecule has 5 nitrogen and oxygen atoms in total. The van der Waals surface area contributed by atoms with Crippen LogP contribution in [0.3, 0.4) is 0 Å². The third kappa shape index (κ3) is 4.97. The average Bonchev–Trinajstić information content (AvgIpc) is 2.79. The second kappa shape index (κ2) is 9.30. The molecule has 0 aliphatic rings. The van der Waals surface area contributed by atoms with Crippen molar-refractivity contribution in [2.24, 2.45) is 0 Å². The van der Waals surface area contributed by atoms with Crippen LogP contribution >= 0.6 is 11.6 Å². The second-order valence-electron chi connectivity index (χ2n) is 7.20. The Morgan fingerprint density at radius 2 is 1.50 bits per heavy atom. The third-order valence-corrected chi connectivity index (χ3v) is 5.27. The van der Waals surface area contributed by atoms with Crippen LogP contribution in [0.15, 0.2) is 60.7 Å². The Morgan fingerprint density at radius 3 is 2.06 bits per heavy atom. The molecule has 34 heavy (non-hydrogen) atoms. The molecule has 0 aliphatic carbocycles. The molecule has 0 bridgehead atoms. The Balaban J connectivity index is 1.62. The molecule has 0 fully saturated rings. The number of halogens is 4. The zero-order valence-electron chi connectivity index (χ0n) is 18.1. The average molecular weight is 489 g/mol. The number of aryl methyl sites for hydroxylation is 1. The molecule has 1 aromatic heterocycles.